The first-order valence-corrected chi connectivity index (χ1v) is 9.10. The molecular formula is C19H26N4O4. The van der Waals surface area contributed by atoms with Gasteiger partial charge in [-0.05, 0) is 18.2 Å². The molecule has 0 unspecified atom stereocenters. The van der Waals surface area contributed by atoms with Crippen molar-refractivity contribution in [1.82, 2.24) is 14.8 Å². The summed E-state index contributed by atoms with van der Waals surface area (Å²) in [5.41, 5.74) is 0.339. The van der Waals surface area contributed by atoms with Crippen LogP contribution in [0.5, 0.6) is 11.5 Å². The van der Waals surface area contributed by atoms with Crippen molar-refractivity contribution in [3.63, 3.8) is 0 Å². The molecule has 2 heterocycles. The standard InChI is InChI=1S/C19H26N4O4/c1-27-14-2-3-17-15(12-14)18(25)16(19(26)21-17)13-20-4-5-22-6-8-23(9-7-22)10-11-24/h2-3,12-13,24H,4-11H2,1H3,(H2,21,25,26). The average Bonchev–Trinajstić information content (AvgIpc) is 2.68. The van der Waals surface area contributed by atoms with Crippen LogP contribution in [-0.4, -0.2) is 90.7 Å². The molecule has 0 amide bonds. The first-order chi connectivity index (χ1) is 13.1. The van der Waals surface area contributed by atoms with Crippen LogP contribution in [0.25, 0.3) is 10.9 Å². The molecule has 1 fully saturated rings. The van der Waals surface area contributed by atoms with Crippen molar-refractivity contribution >= 4 is 17.1 Å². The predicted octanol–water partition coefficient (Wildman–Crippen LogP) is 0.271. The molecule has 3 rings (SSSR count). The number of nitrogens with zero attached hydrogens (tertiary/aromatic N) is 3. The Kier molecular flexibility index (Phi) is 6.44. The molecule has 0 spiro atoms. The molecule has 0 aliphatic carbocycles. The summed E-state index contributed by atoms with van der Waals surface area (Å²) in [5, 5.41) is 20.0. The Morgan fingerprint density at radius 2 is 1.93 bits per heavy atom. The Hall–Kier alpha value is -2.42. The van der Waals surface area contributed by atoms with Crippen molar-refractivity contribution in [2.75, 3.05) is 59.5 Å². The monoisotopic (exact) mass is 374 g/mol. The number of aliphatic imine (C=N–C) groups is 1. The zero-order chi connectivity index (χ0) is 19.2. The van der Waals surface area contributed by atoms with Gasteiger partial charge >= 0.3 is 0 Å². The summed E-state index contributed by atoms with van der Waals surface area (Å²) in [7, 11) is 1.55. The second kappa shape index (κ2) is 8.98. The molecule has 0 atom stereocenters. The molecule has 1 aliphatic rings. The van der Waals surface area contributed by atoms with E-state index in [0.717, 1.165) is 39.3 Å². The molecular weight excluding hydrogens is 348 g/mol. The van der Waals surface area contributed by atoms with Crippen molar-refractivity contribution in [3.8, 4) is 11.5 Å². The number of hydrogen-bond acceptors (Lipinski definition) is 7. The van der Waals surface area contributed by atoms with Gasteiger partial charge in [-0.1, -0.05) is 0 Å². The number of fused-ring (bicyclic) bond motifs is 1. The van der Waals surface area contributed by atoms with Gasteiger partial charge in [-0.3, -0.25) is 19.6 Å². The minimum Gasteiger partial charge on any atom is -0.506 e. The molecule has 2 aromatic rings. The lowest BCUT2D eigenvalue weighted by Gasteiger charge is -2.33. The molecule has 8 heteroatoms. The Morgan fingerprint density at radius 3 is 2.59 bits per heavy atom. The number of ether oxygens (including phenoxy) is 1. The van der Waals surface area contributed by atoms with Crippen molar-refractivity contribution in [2.24, 2.45) is 4.99 Å². The highest BCUT2D eigenvalue weighted by molar-refractivity contribution is 5.95. The van der Waals surface area contributed by atoms with E-state index in [1.807, 2.05) is 0 Å². The highest BCUT2D eigenvalue weighted by atomic mass is 16.5. The number of pyridine rings is 1. The van der Waals surface area contributed by atoms with Crippen LogP contribution in [-0.2, 0) is 0 Å². The fourth-order valence-corrected chi connectivity index (χ4v) is 3.25. The fraction of sp³-hybridized carbons (Fsp3) is 0.474. The first kappa shape index (κ1) is 19.3. The number of aromatic nitrogens is 1. The van der Waals surface area contributed by atoms with Gasteiger partial charge in [-0.25, -0.2) is 0 Å². The molecule has 27 heavy (non-hydrogen) atoms. The number of rotatable bonds is 7. The normalized spacial score (nSPS) is 16.4. The number of β-amino-alcohol motifs (C(OH)–C–C–N with tert-alkyl or cyclic N) is 1. The van der Waals surface area contributed by atoms with E-state index >= 15 is 0 Å². The Morgan fingerprint density at radius 1 is 1.22 bits per heavy atom. The minimum absolute atomic E-state index is 0.0889. The smallest absolute Gasteiger partial charge is 0.261 e. The fourth-order valence-electron chi connectivity index (χ4n) is 3.25. The van der Waals surface area contributed by atoms with Crippen molar-refractivity contribution < 1.29 is 14.9 Å². The molecule has 1 aromatic heterocycles. The second-order valence-corrected chi connectivity index (χ2v) is 6.57. The summed E-state index contributed by atoms with van der Waals surface area (Å²) >= 11 is 0. The van der Waals surface area contributed by atoms with Gasteiger partial charge in [0.1, 0.15) is 11.5 Å². The number of hydrogen-bond donors (Lipinski definition) is 3. The minimum atomic E-state index is -0.369. The van der Waals surface area contributed by atoms with Crippen LogP contribution in [0.2, 0.25) is 0 Å². The lowest BCUT2D eigenvalue weighted by molar-refractivity contribution is 0.115. The number of methoxy groups -OCH3 is 1. The van der Waals surface area contributed by atoms with Gasteiger partial charge in [0.2, 0.25) is 0 Å². The van der Waals surface area contributed by atoms with E-state index in [9.17, 15) is 9.90 Å². The number of piperazine rings is 1. The summed E-state index contributed by atoms with van der Waals surface area (Å²) in [5.74, 6) is 0.516. The molecule has 0 saturated carbocycles. The van der Waals surface area contributed by atoms with Crippen molar-refractivity contribution in [3.05, 3.63) is 34.1 Å². The van der Waals surface area contributed by atoms with Crippen LogP contribution in [0.3, 0.4) is 0 Å². The summed E-state index contributed by atoms with van der Waals surface area (Å²) in [6, 6.07) is 5.11. The summed E-state index contributed by atoms with van der Waals surface area (Å²) in [6.45, 7) is 6.03. The SMILES string of the molecule is COc1ccc2[nH]c(=O)c(C=NCCN3CCN(CCO)CC3)c(O)c2c1. The maximum atomic E-state index is 12.2. The Labute approximate surface area is 157 Å². The maximum absolute atomic E-state index is 12.2. The van der Waals surface area contributed by atoms with Crippen LogP contribution in [0.4, 0.5) is 0 Å². The Balaban J connectivity index is 1.63. The summed E-state index contributed by atoms with van der Waals surface area (Å²) in [4.78, 5) is 23.9. The van der Waals surface area contributed by atoms with Gasteiger partial charge in [0.25, 0.3) is 5.56 Å². The number of aromatic hydroxyl groups is 1. The van der Waals surface area contributed by atoms with E-state index in [0.29, 0.717) is 23.2 Å². The molecule has 1 aliphatic heterocycles. The van der Waals surface area contributed by atoms with Crippen molar-refractivity contribution in [2.45, 2.75) is 0 Å². The summed E-state index contributed by atoms with van der Waals surface area (Å²) < 4.78 is 5.18. The first-order valence-electron chi connectivity index (χ1n) is 9.10. The topological polar surface area (TPSA) is 101 Å². The predicted molar refractivity (Wildman–Crippen MR) is 105 cm³/mol. The number of benzene rings is 1. The lowest BCUT2D eigenvalue weighted by Crippen LogP contribution is -2.47. The highest BCUT2D eigenvalue weighted by Crippen LogP contribution is 2.27. The third kappa shape index (κ3) is 4.65. The third-order valence-electron chi connectivity index (χ3n) is 4.88. The van der Waals surface area contributed by atoms with Gasteiger partial charge in [-0.2, -0.15) is 0 Å². The van der Waals surface area contributed by atoms with E-state index in [2.05, 4.69) is 19.8 Å². The van der Waals surface area contributed by atoms with Gasteiger partial charge < -0.3 is 19.9 Å². The van der Waals surface area contributed by atoms with Gasteiger partial charge in [0.15, 0.2) is 0 Å². The van der Waals surface area contributed by atoms with Crippen molar-refractivity contribution in [1.29, 1.82) is 0 Å². The van der Waals surface area contributed by atoms with Gasteiger partial charge in [0, 0.05) is 50.9 Å². The lowest BCUT2D eigenvalue weighted by atomic mass is 10.1. The summed E-state index contributed by atoms with van der Waals surface area (Å²) in [6.07, 6.45) is 1.44. The number of H-pyrrole nitrogens is 1. The molecule has 8 nitrogen and oxygen atoms in total. The number of nitrogens with one attached hydrogen (secondary N) is 1. The van der Waals surface area contributed by atoms with Crippen LogP contribution in [0, 0.1) is 0 Å². The number of aliphatic hydroxyl groups is 1. The molecule has 1 saturated heterocycles. The zero-order valence-corrected chi connectivity index (χ0v) is 15.5. The molecule has 1 aromatic carbocycles. The van der Waals surface area contributed by atoms with Gasteiger partial charge in [0.05, 0.1) is 31.3 Å². The van der Waals surface area contributed by atoms with E-state index in [1.165, 1.54) is 6.21 Å². The quantitative estimate of drug-likeness (QED) is 0.602. The van der Waals surface area contributed by atoms with Crippen LogP contribution in [0.1, 0.15) is 5.56 Å². The average molecular weight is 374 g/mol. The van der Waals surface area contributed by atoms with E-state index in [1.54, 1.807) is 25.3 Å². The molecule has 3 N–H and O–H groups in total. The van der Waals surface area contributed by atoms with Crippen LogP contribution < -0.4 is 10.3 Å². The second-order valence-electron chi connectivity index (χ2n) is 6.57. The highest BCUT2D eigenvalue weighted by Gasteiger charge is 2.15. The van der Waals surface area contributed by atoms with E-state index in [-0.39, 0.29) is 23.5 Å². The number of aliphatic hydroxyl groups excluding tert-OH is 1. The van der Waals surface area contributed by atoms with Gasteiger partial charge in [-0.15, -0.1) is 0 Å². The largest absolute Gasteiger partial charge is 0.506 e. The molecule has 0 radical (unpaired) electrons. The van der Waals surface area contributed by atoms with E-state index in [4.69, 9.17) is 9.84 Å². The third-order valence-corrected chi connectivity index (χ3v) is 4.88. The van der Waals surface area contributed by atoms with Crippen LogP contribution in [0.15, 0.2) is 28.0 Å². The van der Waals surface area contributed by atoms with E-state index < -0.39 is 0 Å². The molecule has 0 bridgehead atoms. The Bertz CT molecular complexity index is 857. The maximum Gasteiger partial charge on any atom is 0.261 e. The molecule has 146 valence electrons. The van der Waals surface area contributed by atoms with Crippen LogP contribution >= 0.6 is 0 Å². The zero-order valence-electron chi connectivity index (χ0n) is 15.5. The number of aromatic amines is 1.